The van der Waals surface area contributed by atoms with Gasteiger partial charge in [0, 0.05) is 18.5 Å². The summed E-state index contributed by atoms with van der Waals surface area (Å²) in [7, 11) is 2.24. The van der Waals surface area contributed by atoms with E-state index < -0.39 is 27.7 Å². The Morgan fingerprint density at radius 3 is 0.919 bits per heavy atom. The van der Waals surface area contributed by atoms with E-state index in [1.54, 1.807) is 0 Å². The molecule has 37 heavy (non-hydrogen) atoms. The third kappa shape index (κ3) is 10.3. The first-order valence-electron chi connectivity index (χ1n) is 11.2. The Labute approximate surface area is 244 Å². The summed E-state index contributed by atoms with van der Waals surface area (Å²) in [4.78, 5) is 0. The average Bonchev–Trinajstić information content (AvgIpc) is 2.95. The molecule has 0 aliphatic carbocycles. The molecule has 13 heteroatoms. The second-order valence-electron chi connectivity index (χ2n) is 7.98. The van der Waals surface area contributed by atoms with Crippen molar-refractivity contribution in [1.29, 1.82) is 0 Å². The highest BCUT2D eigenvalue weighted by Gasteiger charge is 2.17. The van der Waals surface area contributed by atoms with Crippen molar-refractivity contribution in [3.05, 3.63) is 89.5 Å². The van der Waals surface area contributed by atoms with Gasteiger partial charge in [0.25, 0.3) is 0 Å². The Morgan fingerprint density at radius 2 is 0.703 bits per heavy atom. The maximum atomic E-state index is 11.8. The molecule has 0 aliphatic heterocycles. The number of aryl methyl sites for hydroxylation is 3. The van der Waals surface area contributed by atoms with Gasteiger partial charge in [0.1, 0.15) is 0 Å². The Morgan fingerprint density at radius 1 is 0.459 bits per heavy atom. The zero-order valence-corrected chi connectivity index (χ0v) is 28.1. The Balaban J connectivity index is 1.91. The predicted octanol–water partition coefficient (Wildman–Crippen LogP) is 5.93. The lowest BCUT2D eigenvalue weighted by atomic mass is 10.2. The van der Waals surface area contributed by atoms with Gasteiger partial charge in [0.05, 0.1) is 0 Å². The lowest BCUT2D eigenvalue weighted by Gasteiger charge is -2.20. The minimum Gasteiger partial charge on any atom is -0.270 e. The van der Waals surface area contributed by atoms with Gasteiger partial charge < -0.3 is 0 Å². The second kappa shape index (κ2) is 16.7. The van der Waals surface area contributed by atoms with Crippen LogP contribution in [-0.2, 0) is 95.0 Å². The Kier molecular flexibility index (Phi) is 14.1. The maximum absolute atomic E-state index is 11.8. The molecule has 0 radical (unpaired) electrons. The summed E-state index contributed by atoms with van der Waals surface area (Å²) >= 11 is 14.5. The summed E-state index contributed by atoms with van der Waals surface area (Å²) in [5.74, 6) is 0. The van der Waals surface area contributed by atoms with Crippen molar-refractivity contribution in [3.63, 3.8) is 0 Å². The Bertz CT molecular complexity index is 1350. The minimum atomic E-state index is -1.38. The van der Waals surface area contributed by atoms with Crippen LogP contribution in [0.5, 0.6) is 0 Å². The van der Waals surface area contributed by atoms with Crippen LogP contribution in [0.1, 0.15) is 16.7 Å². The van der Waals surface area contributed by atoms with E-state index in [9.17, 15) is 13.7 Å². The minimum absolute atomic E-state index is 0.589. The van der Waals surface area contributed by atoms with Crippen LogP contribution in [0.4, 0.5) is 0 Å². The van der Waals surface area contributed by atoms with Gasteiger partial charge in [0.15, 0.2) is 19.7 Å². The van der Waals surface area contributed by atoms with Gasteiger partial charge in [-0.05, 0) is 122 Å². The van der Waals surface area contributed by atoms with Crippen LogP contribution in [0.15, 0.2) is 72.8 Å². The molecule has 0 saturated heterocycles. The third-order valence-electron chi connectivity index (χ3n) is 5.58. The fraction of sp³-hybridized carbons (Fsp3) is 0.250. The molecular formula is C24H24O3P4S6. The molecule has 0 heterocycles. The molecular weight excluding hydrogens is 653 g/mol. The lowest BCUT2D eigenvalue weighted by molar-refractivity contribution is 0.596. The van der Waals surface area contributed by atoms with Crippen molar-refractivity contribution in [1.82, 2.24) is 0 Å². The zero-order chi connectivity index (χ0) is 26.6. The topological polar surface area (TPSA) is 51.2 Å². The Hall–Kier alpha value is -0.290. The van der Waals surface area contributed by atoms with Crippen LogP contribution in [0, 0.1) is 0 Å². The van der Waals surface area contributed by atoms with Gasteiger partial charge in [-0.1, -0.05) is 72.8 Å². The number of hydrogen-bond donors (Lipinski definition) is 0. The zero-order valence-electron chi connectivity index (χ0n) is 19.6. The monoisotopic (exact) mass is 676 g/mol. The third-order valence-corrected chi connectivity index (χ3v) is 17.9. The van der Waals surface area contributed by atoms with Crippen molar-refractivity contribution in [2.24, 2.45) is 0 Å². The van der Waals surface area contributed by atoms with Crippen molar-refractivity contribution < 1.29 is 13.7 Å². The van der Waals surface area contributed by atoms with E-state index >= 15 is 0 Å². The van der Waals surface area contributed by atoms with E-state index in [0.717, 1.165) is 64.5 Å². The summed E-state index contributed by atoms with van der Waals surface area (Å²) in [5.41, 5.74) is 3.46. The van der Waals surface area contributed by atoms with Gasteiger partial charge in [-0.2, -0.15) is 0 Å². The van der Waals surface area contributed by atoms with E-state index in [1.165, 1.54) is 15.9 Å². The fourth-order valence-corrected chi connectivity index (χ4v) is 10.9. The van der Waals surface area contributed by atoms with Crippen molar-refractivity contribution in [3.8, 4) is 0 Å². The quantitative estimate of drug-likeness (QED) is 0.222. The van der Waals surface area contributed by atoms with E-state index in [-0.39, 0.29) is 0 Å². The molecule has 3 unspecified atom stereocenters. The lowest BCUT2D eigenvalue weighted by Crippen LogP contribution is -2.21. The van der Waals surface area contributed by atoms with Crippen molar-refractivity contribution >= 4 is 106 Å². The highest BCUT2D eigenvalue weighted by atomic mass is 32.9. The average molecular weight is 677 g/mol. The molecule has 194 valence electrons. The summed E-state index contributed by atoms with van der Waals surface area (Å²) in [6, 6.07) is 25.8. The van der Waals surface area contributed by atoms with E-state index in [2.05, 4.69) is 72.8 Å². The standard InChI is InChI=1S/C24H24O3P4S6/c25-28(35-32)16-13-19-1-7-22(8-2-19)31(23-9-3-20(4-10-23)14-17-29(26)36-33)24-11-5-21(6-12-24)15-18-30(27)37-34/h1-12H,13-18H2. The maximum Gasteiger partial charge on any atom is 0.165 e. The summed E-state index contributed by atoms with van der Waals surface area (Å²) in [6.07, 6.45) is 4.01. The normalized spacial score (nSPS) is 12.8. The highest BCUT2D eigenvalue weighted by Crippen LogP contribution is 2.33. The van der Waals surface area contributed by atoms with Crippen LogP contribution in [0.2, 0.25) is 0 Å². The molecule has 0 fully saturated rings. The molecule has 0 saturated carbocycles. The number of hydrogen-bond acceptors (Lipinski definition) is 6. The summed E-state index contributed by atoms with van der Waals surface area (Å²) < 4.78 is 35.3. The molecule has 0 bridgehead atoms. The van der Waals surface area contributed by atoms with Gasteiger partial charge in [-0.15, -0.1) is 0 Å². The largest absolute Gasteiger partial charge is 0.270 e. The van der Waals surface area contributed by atoms with Crippen LogP contribution < -0.4 is 15.9 Å². The summed E-state index contributed by atoms with van der Waals surface area (Å²) in [5, 5.41) is 3.70. The molecule has 0 aromatic heterocycles. The smallest absolute Gasteiger partial charge is 0.165 e. The number of rotatable bonds is 12. The molecule has 3 aromatic carbocycles. The van der Waals surface area contributed by atoms with Crippen LogP contribution in [-0.4, -0.2) is 18.5 Å². The van der Waals surface area contributed by atoms with Gasteiger partial charge >= 0.3 is 0 Å². The fourth-order valence-electron chi connectivity index (χ4n) is 3.66. The molecule has 0 aliphatic rings. The van der Waals surface area contributed by atoms with Gasteiger partial charge in [-0.25, -0.2) is 0 Å². The molecule has 3 aromatic rings. The van der Waals surface area contributed by atoms with Crippen LogP contribution >= 0.6 is 27.7 Å². The SMILES string of the molecule is O=P(CCc1ccc(P(c2ccc(CCP(=O)=S=S)cc2)c2ccc(CCP(=O)=S=S)cc2)cc1)=S=S. The molecule has 0 N–H and O–H groups in total. The van der Waals surface area contributed by atoms with Crippen LogP contribution in [0.3, 0.4) is 0 Å². The summed E-state index contributed by atoms with van der Waals surface area (Å²) in [6.45, 7) is -4.15. The van der Waals surface area contributed by atoms with E-state index in [4.69, 9.17) is 33.6 Å². The molecule has 3 rings (SSSR count). The molecule has 3 nitrogen and oxygen atoms in total. The predicted molar refractivity (Wildman–Crippen MR) is 178 cm³/mol. The van der Waals surface area contributed by atoms with Crippen molar-refractivity contribution in [2.75, 3.05) is 18.5 Å². The first-order valence-corrected chi connectivity index (χ1v) is 24.0. The van der Waals surface area contributed by atoms with Gasteiger partial charge in [0.2, 0.25) is 0 Å². The molecule has 0 spiro atoms. The molecule has 3 atom stereocenters. The first-order chi connectivity index (χ1) is 17.9. The second-order valence-corrected chi connectivity index (χ2v) is 23.0. The number of benzene rings is 3. The van der Waals surface area contributed by atoms with Crippen molar-refractivity contribution in [2.45, 2.75) is 19.3 Å². The highest BCUT2D eigenvalue weighted by molar-refractivity contribution is 8.33. The molecule has 0 amide bonds. The first kappa shape index (κ1) is 31.2. The van der Waals surface area contributed by atoms with Gasteiger partial charge in [-0.3, -0.25) is 13.7 Å². The van der Waals surface area contributed by atoms with E-state index in [1.807, 2.05) is 0 Å². The van der Waals surface area contributed by atoms with E-state index in [0.29, 0.717) is 18.5 Å². The van der Waals surface area contributed by atoms with Crippen LogP contribution in [0.25, 0.3) is 0 Å².